The van der Waals surface area contributed by atoms with Crippen LogP contribution in [0.25, 0.3) is 0 Å². The van der Waals surface area contributed by atoms with E-state index in [0.717, 1.165) is 32.5 Å². The minimum atomic E-state index is -0.385. The maximum Gasteiger partial charge on any atom is 0.267 e. The Morgan fingerprint density at radius 1 is 0.636 bits per heavy atom. The van der Waals surface area contributed by atoms with Gasteiger partial charge in [0.15, 0.2) is 0 Å². The van der Waals surface area contributed by atoms with Crippen LogP contribution in [-0.4, -0.2) is 55.2 Å². The minimum Gasteiger partial charge on any atom is -0.324 e. The number of nitrogens with one attached hydrogen (secondary N) is 2. The number of anilines is 2. The number of carbonyl (C=O) groups excluding carboxylic acids is 4. The third-order valence-electron chi connectivity index (χ3n) is 6.02. The first-order chi connectivity index (χ1) is 20.8. The number of halogens is 6. The van der Waals surface area contributed by atoms with Crippen LogP contribution in [0.5, 0.6) is 0 Å². The van der Waals surface area contributed by atoms with Crippen LogP contribution in [0, 0.1) is 0 Å². The van der Waals surface area contributed by atoms with Crippen LogP contribution < -0.4 is 10.6 Å². The standard InChI is InChI=1S/C26H18Br6N4O4S4/c27-11-7-13(29)19(14(30)8-11)33-17(37)3-1-5-35-23(39)21(43-25(35)41)22-24(40)36(26(42)44-22)6-2-4-18(38)34-20-15(31)9-12(28)10-16(20)32/h7-10H,1-6H2,(H,33,37)(H,34,38)/b22-21+. The van der Waals surface area contributed by atoms with E-state index in [4.69, 9.17) is 24.4 Å². The van der Waals surface area contributed by atoms with Gasteiger partial charge in [-0.1, -0.05) is 79.8 Å². The molecule has 0 bridgehead atoms. The molecule has 2 aromatic rings. The molecular weight excluding hydrogens is 1040 g/mol. The lowest BCUT2D eigenvalue weighted by Gasteiger charge is -2.15. The van der Waals surface area contributed by atoms with E-state index >= 15 is 0 Å². The number of rotatable bonds is 10. The summed E-state index contributed by atoms with van der Waals surface area (Å²) in [5.41, 5.74) is 1.22. The summed E-state index contributed by atoms with van der Waals surface area (Å²) in [4.78, 5) is 54.9. The van der Waals surface area contributed by atoms with Crippen LogP contribution in [0.4, 0.5) is 11.4 Å². The molecule has 0 spiro atoms. The fourth-order valence-corrected chi connectivity index (χ4v) is 11.7. The average Bonchev–Trinajstić information content (AvgIpc) is 3.37. The van der Waals surface area contributed by atoms with Gasteiger partial charge in [0.05, 0.1) is 21.2 Å². The molecule has 0 aromatic heterocycles. The van der Waals surface area contributed by atoms with Gasteiger partial charge in [-0.25, -0.2) is 0 Å². The van der Waals surface area contributed by atoms with E-state index in [0.29, 0.717) is 50.7 Å². The maximum absolute atomic E-state index is 13.3. The van der Waals surface area contributed by atoms with Crippen LogP contribution in [0.15, 0.2) is 60.9 Å². The van der Waals surface area contributed by atoms with E-state index in [1.54, 1.807) is 0 Å². The monoisotopic (exact) mass is 1050 g/mol. The van der Waals surface area contributed by atoms with Crippen molar-refractivity contribution in [3.8, 4) is 0 Å². The van der Waals surface area contributed by atoms with Crippen molar-refractivity contribution in [3.63, 3.8) is 0 Å². The Balaban J connectivity index is 1.30. The molecule has 18 heteroatoms. The normalized spacial score (nSPS) is 16.8. The van der Waals surface area contributed by atoms with Crippen molar-refractivity contribution in [3.05, 3.63) is 60.9 Å². The number of hydrogen-bond donors (Lipinski definition) is 2. The molecule has 2 aliphatic heterocycles. The van der Waals surface area contributed by atoms with Crippen LogP contribution in [0.1, 0.15) is 25.7 Å². The highest BCUT2D eigenvalue weighted by molar-refractivity contribution is 9.12. The van der Waals surface area contributed by atoms with Crippen molar-refractivity contribution in [1.82, 2.24) is 9.80 Å². The SMILES string of the molecule is O=C(CCCN1C(=O)/C(=C2\SC(=S)N(CCCC(=O)Nc3c(Br)cc(Br)cc3Br)C2=O)SC1=S)Nc1c(Br)cc(Br)cc1Br. The summed E-state index contributed by atoms with van der Waals surface area (Å²) in [6, 6.07) is 7.29. The first-order valence-corrected chi connectivity index (χ1v) is 19.7. The molecule has 232 valence electrons. The molecule has 8 nitrogen and oxygen atoms in total. The highest BCUT2D eigenvalue weighted by Gasteiger charge is 2.41. The predicted octanol–water partition coefficient (Wildman–Crippen LogP) is 9.33. The van der Waals surface area contributed by atoms with Gasteiger partial charge in [-0.05, 0) is 101 Å². The Labute approximate surface area is 322 Å². The second-order valence-electron chi connectivity index (χ2n) is 9.10. The Morgan fingerprint density at radius 3 is 1.27 bits per heavy atom. The smallest absolute Gasteiger partial charge is 0.267 e. The van der Waals surface area contributed by atoms with Gasteiger partial charge in [-0.15, -0.1) is 0 Å². The molecule has 2 N–H and O–H groups in total. The van der Waals surface area contributed by atoms with Gasteiger partial charge in [0.25, 0.3) is 11.8 Å². The Hall–Kier alpha value is -0.180. The molecule has 0 unspecified atom stereocenters. The van der Waals surface area contributed by atoms with E-state index in [9.17, 15) is 19.2 Å². The van der Waals surface area contributed by atoms with E-state index < -0.39 is 0 Å². The lowest BCUT2D eigenvalue weighted by molar-refractivity contribution is -0.124. The largest absolute Gasteiger partial charge is 0.324 e. The van der Waals surface area contributed by atoms with E-state index in [-0.39, 0.29) is 59.4 Å². The number of hydrogen-bond acceptors (Lipinski definition) is 8. The lowest BCUT2D eigenvalue weighted by atomic mass is 10.2. The van der Waals surface area contributed by atoms with Gasteiger partial charge in [0.1, 0.15) is 8.64 Å². The Bertz CT molecular complexity index is 1480. The lowest BCUT2D eigenvalue weighted by Crippen LogP contribution is -2.31. The fraction of sp³-hybridized carbons (Fsp3) is 0.231. The highest BCUT2D eigenvalue weighted by Crippen LogP contribution is 2.42. The maximum atomic E-state index is 13.3. The molecular formula is C26H18Br6N4O4S4. The van der Waals surface area contributed by atoms with Crippen molar-refractivity contribution in [1.29, 1.82) is 0 Å². The molecule has 2 saturated heterocycles. The van der Waals surface area contributed by atoms with Gasteiger partial charge >= 0.3 is 0 Å². The van der Waals surface area contributed by atoms with Crippen LogP contribution in [0.3, 0.4) is 0 Å². The average molecular weight is 1060 g/mol. The molecule has 2 fully saturated rings. The quantitative estimate of drug-likeness (QED) is 0.180. The van der Waals surface area contributed by atoms with Gasteiger partial charge in [0, 0.05) is 52.8 Å². The number of thioether (sulfide) groups is 2. The van der Waals surface area contributed by atoms with Crippen LogP contribution in [0.2, 0.25) is 0 Å². The summed E-state index contributed by atoms with van der Waals surface area (Å²) in [7, 11) is 0. The van der Waals surface area contributed by atoms with Crippen molar-refractivity contribution in [2.24, 2.45) is 0 Å². The van der Waals surface area contributed by atoms with Gasteiger partial charge < -0.3 is 10.6 Å². The van der Waals surface area contributed by atoms with Crippen LogP contribution in [-0.2, 0) is 19.2 Å². The summed E-state index contributed by atoms with van der Waals surface area (Å²) in [6.45, 7) is 0.453. The molecule has 2 heterocycles. The molecule has 0 saturated carbocycles. The van der Waals surface area contributed by atoms with Gasteiger partial charge in [0.2, 0.25) is 11.8 Å². The van der Waals surface area contributed by atoms with Crippen molar-refractivity contribution in [2.75, 3.05) is 23.7 Å². The minimum absolute atomic E-state index is 0.159. The summed E-state index contributed by atoms with van der Waals surface area (Å²) < 4.78 is 5.19. The molecule has 0 radical (unpaired) electrons. The molecule has 4 amide bonds. The molecule has 2 aromatic carbocycles. The Kier molecular flexibility index (Phi) is 13.6. The first-order valence-electron chi connectivity index (χ1n) is 12.5. The summed E-state index contributed by atoms with van der Waals surface area (Å²) >= 11 is 33.5. The van der Waals surface area contributed by atoms with E-state index in [1.807, 2.05) is 24.3 Å². The zero-order valence-electron chi connectivity index (χ0n) is 22.0. The fourth-order valence-electron chi connectivity index (χ4n) is 3.98. The molecule has 2 aliphatic rings. The second-order valence-corrected chi connectivity index (χ2v) is 17.6. The molecule has 0 aliphatic carbocycles. The predicted molar refractivity (Wildman–Crippen MR) is 206 cm³/mol. The van der Waals surface area contributed by atoms with Crippen LogP contribution >= 0.6 is 144 Å². The molecule has 44 heavy (non-hydrogen) atoms. The zero-order valence-corrected chi connectivity index (χ0v) is 34.8. The molecule has 4 rings (SSSR count). The summed E-state index contributed by atoms with van der Waals surface area (Å²) in [6.07, 6.45) is 1.06. The van der Waals surface area contributed by atoms with Gasteiger partial charge in [-0.3, -0.25) is 29.0 Å². The van der Waals surface area contributed by atoms with E-state index in [1.165, 1.54) is 9.80 Å². The second kappa shape index (κ2) is 16.3. The van der Waals surface area contributed by atoms with Crippen molar-refractivity contribution >= 4 is 187 Å². The van der Waals surface area contributed by atoms with Gasteiger partial charge in [-0.2, -0.15) is 0 Å². The summed E-state index contributed by atoms with van der Waals surface area (Å²) in [5, 5.41) is 5.72. The first kappa shape index (κ1) is 36.7. The number of nitrogens with zero attached hydrogens (tertiary/aromatic N) is 2. The Morgan fingerprint density at radius 2 is 0.955 bits per heavy atom. The topological polar surface area (TPSA) is 98.8 Å². The number of amides is 4. The number of carbonyl (C=O) groups is 4. The van der Waals surface area contributed by atoms with Crippen molar-refractivity contribution in [2.45, 2.75) is 25.7 Å². The van der Waals surface area contributed by atoms with E-state index in [2.05, 4.69) is 106 Å². The highest BCUT2D eigenvalue weighted by atomic mass is 79.9. The third kappa shape index (κ3) is 9.04. The number of thiocarbonyl (C=S) groups is 2. The summed E-state index contributed by atoms with van der Waals surface area (Å²) in [5.74, 6) is -1.20. The molecule has 0 atom stereocenters. The van der Waals surface area contributed by atoms with Crippen molar-refractivity contribution < 1.29 is 19.2 Å². The third-order valence-corrected chi connectivity index (χ3v) is 12.5. The number of benzene rings is 2. The zero-order chi connectivity index (χ0) is 32.3.